The van der Waals surface area contributed by atoms with Crippen molar-refractivity contribution in [3.63, 3.8) is 0 Å². The lowest BCUT2D eigenvalue weighted by atomic mass is 9.91. The third kappa shape index (κ3) is 3.30. The van der Waals surface area contributed by atoms with E-state index in [2.05, 4.69) is 11.4 Å². The summed E-state index contributed by atoms with van der Waals surface area (Å²) in [6.45, 7) is 0. The van der Waals surface area contributed by atoms with Crippen molar-refractivity contribution in [2.24, 2.45) is 0 Å². The van der Waals surface area contributed by atoms with Crippen LogP contribution in [0.1, 0.15) is 48.9 Å². The third-order valence-electron chi connectivity index (χ3n) is 3.86. The molecule has 1 amide bonds. The van der Waals surface area contributed by atoms with Gasteiger partial charge in [0.2, 0.25) is 0 Å². The molecule has 0 spiro atoms. The zero-order valence-corrected chi connectivity index (χ0v) is 11.8. The number of benzene rings is 1. The Balaban J connectivity index is 2.14. The van der Waals surface area contributed by atoms with Gasteiger partial charge < -0.3 is 10.1 Å². The molecule has 4 heteroatoms. The van der Waals surface area contributed by atoms with Crippen LogP contribution in [0.5, 0.6) is 5.75 Å². The summed E-state index contributed by atoms with van der Waals surface area (Å²) in [6, 6.07) is 9.32. The van der Waals surface area contributed by atoms with Crippen molar-refractivity contribution in [2.45, 2.75) is 44.1 Å². The fourth-order valence-corrected chi connectivity index (χ4v) is 2.65. The van der Waals surface area contributed by atoms with Gasteiger partial charge in [-0.1, -0.05) is 31.7 Å². The lowest BCUT2D eigenvalue weighted by Gasteiger charge is -2.26. The minimum absolute atomic E-state index is 0.202. The van der Waals surface area contributed by atoms with E-state index in [1.807, 2.05) is 0 Å². The quantitative estimate of drug-likeness (QED) is 0.860. The van der Waals surface area contributed by atoms with Crippen molar-refractivity contribution < 1.29 is 9.53 Å². The van der Waals surface area contributed by atoms with E-state index >= 15 is 0 Å². The average molecular weight is 272 g/mol. The van der Waals surface area contributed by atoms with Gasteiger partial charge in [-0.25, -0.2) is 0 Å². The van der Waals surface area contributed by atoms with Crippen molar-refractivity contribution in [1.82, 2.24) is 5.32 Å². The van der Waals surface area contributed by atoms with Crippen LogP contribution in [-0.2, 0) is 0 Å². The number of nitriles is 1. The zero-order valence-electron chi connectivity index (χ0n) is 11.8. The van der Waals surface area contributed by atoms with E-state index in [1.165, 1.54) is 0 Å². The highest BCUT2D eigenvalue weighted by Gasteiger charge is 2.32. The van der Waals surface area contributed by atoms with Gasteiger partial charge in [0.15, 0.2) is 0 Å². The Hall–Kier alpha value is -2.02. The summed E-state index contributed by atoms with van der Waals surface area (Å²) in [5, 5.41) is 12.4. The molecule has 0 unspecified atom stereocenters. The number of hydrogen-bond acceptors (Lipinski definition) is 3. The van der Waals surface area contributed by atoms with E-state index in [0.717, 1.165) is 38.5 Å². The zero-order chi connectivity index (χ0) is 14.4. The lowest BCUT2D eigenvalue weighted by molar-refractivity contribution is 0.0912. The van der Waals surface area contributed by atoms with E-state index < -0.39 is 5.54 Å². The maximum absolute atomic E-state index is 12.3. The Morgan fingerprint density at radius 3 is 2.60 bits per heavy atom. The topological polar surface area (TPSA) is 62.1 Å². The molecule has 0 saturated heterocycles. The van der Waals surface area contributed by atoms with Gasteiger partial charge in [0, 0.05) is 5.56 Å². The molecule has 1 aromatic rings. The molecule has 1 aliphatic rings. The maximum Gasteiger partial charge on any atom is 0.252 e. The van der Waals surface area contributed by atoms with Crippen LogP contribution in [-0.4, -0.2) is 18.6 Å². The summed E-state index contributed by atoms with van der Waals surface area (Å²) < 4.78 is 5.12. The molecule has 0 heterocycles. The Bertz CT molecular complexity index is 511. The summed E-state index contributed by atoms with van der Waals surface area (Å²) >= 11 is 0. The van der Waals surface area contributed by atoms with Gasteiger partial charge in [-0.05, 0) is 31.0 Å². The molecular weight excluding hydrogens is 252 g/mol. The molecule has 4 nitrogen and oxygen atoms in total. The van der Waals surface area contributed by atoms with Crippen molar-refractivity contribution in [2.75, 3.05) is 7.11 Å². The molecule has 0 aliphatic heterocycles. The number of hydrogen-bond donors (Lipinski definition) is 1. The second-order valence-electron chi connectivity index (χ2n) is 5.29. The normalized spacial score (nSPS) is 17.6. The van der Waals surface area contributed by atoms with Crippen LogP contribution < -0.4 is 10.1 Å². The highest BCUT2D eigenvalue weighted by atomic mass is 16.5. The molecule has 20 heavy (non-hydrogen) atoms. The summed E-state index contributed by atoms with van der Waals surface area (Å²) in [5.41, 5.74) is -0.181. The number of amides is 1. The Morgan fingerprint density at radius 1 is 1.30 bits per heavy atom. The number of carbonyl (C=O) groups is 1. The second-order valence-corrected chi connectivity index (χ2v) is 5.29. The average Bonchev–Trinajstić information content (AvgIpc) is 2.73. The molecule has 106 valence electrons. The molecule has 0 atom stereocenters. The predicted molar refractivity (Wildman–Crippen MR) is 76.5 cm³/mol. The number of rotatable bonds is 3. The van der Waals surface area contributed by atoms with E-state index in [1.54, 1.807) is 31.4 Å². The fraction of sp³-hybridized carbons (Fsp3) is 0.500. The first-order valence-electron chi connectivity index (χ1n) is 7.07. The Morgan fingerprint density at radius 2 is 2.00 bits per heavy atom. The van der Waals surface area contributed by atoms with Crippen LogP contribution in [0.3, 0.4) is 0 Å². The predicted octanol–water partition coefficient (Wildman–Crippen LogP) is 3.04. The SMILES string of the molecule is COc1cccc(C(=O)NC2(C#N)CCCCCC2)c1. The number of nitrogens with one attached hydrogen (secondary N) is 1. The molecule has 0 bridgehead atoms. The van der Waals surface area contributed by atoms with Gasteiger partial charge in [0.25, 0.3) is 5.91 Å². The summed E-state index contributed by atoms with van der Waals surface area (Å²) in [7, 11) is 1.57. The van der Waals surface area contributed by atoms with Crippen molar-refractivity contribution in [1.29, 1.82) is 5.26 Å². The second kappa shape index (κ2) is 6.42. The fourth-order valence-electron chi connectivity index (χ4n) is 2.65. The molecule has 1 aliphatic carbocycles. The van der Waals surface area contributed by atoms with Crippen LogP contribution in [0.15, 0.2) is 24.3 Å². The van der Waals surface area contributed by atoms with Crippen LogP contribution in [0.25, 0.3) is 0 Å². The van der Waals surface area contributed by atoms with Crippen molar-refractivity contribution in [3.05, 3.63) is 29.8 Å². The summed E-state index contributed by atoms with van der Waals surface area (Å²) in [5.74, 6) is 0.442. The minimum atomic E-state index is -0.712. The van der Waals surface area contributed by atoms with Gasteiger partial charge in [0.1, 0.15) is 11.3 Å². The standard InChI is InChI=1S/C16H20N2O2/c1-20-14-8-6-7-13(11-14)15(19)18-16(12-17)9-4-2-3-5-10-16/h6-8,11H,2-5,9-10H2,1H3,(H,18,19). The number of nitrogens with zero attached hydrogens (tertiary/aromatic N) is 1. The highest BCUT2D eigenvalue weighted by molar-refractivity contribution is 5.95. The first kappa shape index (κ1) is 14.4. The number of carbonyl (C=O) groups excluding carboxylic acids is 1. The van der Waals surface area contributed by atoms with E-state index in [4.69, 9.17) is 4.74 Å². The van der Waals surface area contributed by atoms with Gasteiger partial charge in [0.05, 0.1) is 13.2 Å². The Labute approximate surface area is 119 Å². The van der Waals surface area contributed by atoms with E-state index in [-0.39, 0.29) is 5.91 Å². The van der Waals surface area contributed by atoms with Crippen molar-refractivity contribution in [3.8, 4) is 11.8 Å². The number of ether oxygens (including phenoxy) is 1. The molecule has 1 saturated carbocycles. The molecule has 1 fully saturated rings. The van der Waals surface area contributed by atoms with Crippen LogP contribution in [0.4, 0.5) is 0 Å². The monoisotopic (exact) mass is 272 g/mol. The smallest absolute Gasteiger partial charge is 0.252 e. The molecule has 0 radical (unpaired) electrons. The largest absolute Gasteiger partial charge is 0.497 e. The molecule has 0 aromatic heterocycles. The lowest BCUT2D eigenvalue weighted by Crippen LogP contribution is -2.47. The first-order valence-corrected chi connectivity index (χ1v) is 7.07. The van der Waals surface area contributed by atoms with E-state index in [9.17, 15) is 10.1 Å². The Kier molecular flexibility index (Phi) is 4.62. The van der Waals surface area contributed by atoms with E-state index in [0.29, 0.717) is 11.3 Å². The minimum Gasteiger partial charge on any atom is -0.497 e. The van der Waals surface area contributed by atoms with Crippen LogP contribution in [0, 0.1) is 11.3 Å². The van der Waals surface area contributed by atoms with Gasteiger partial charge in [-0.3, -0.25) is 4.79 Å². The molecule has 1 N–H and O–H groups in total. The molecule has 2 rings (SSSR count). The molecule has 1 aromatic carbocycles. The van der Waals surface area contributed by atoms with Crippen molar-refractivity contribution >= 4 is 5.91 Å². The highest BCUT2D eigenvalue weighted by Crippen LogP contribution is 2.27. The third-order valence-corrected chi connectivity index (χ3v) is 3.86. The number of methoxy groups -OCH3 is 1. The first-order chi connectivity index (χ1) is 9.69. The van der Waals surface area contributed by atoms with Gasteiger partial charge in [-0.2, -0.15) is 5.26 Å². The van der Waals surface area contributed by atoms with Crippen LogP contribution in [0.2, 0.25) is 0 Å². The maximum atomic E-state index is 12.3. The van der Waals surface area contributed by atoms with Crippen LogP contribution >= 0.6 is 0 Å². The summed E-state index contributed by atoms with van der Waals surface area (Å²) in [4.78, 5) is 12.3. The summed E-state index contributed by atoms with van der Waals surface area (Å²) in [6.07, 6.45) is 5.73. The molecular formula is C16H20N2O2. The van der Waals surface area contributed by atoms with Gasteiger partial charge >= 0.3 is 0 Å². The van der Waals surface area contributed by atoms with Gasteiger partial charge in [-0.15, -0.1) is 0 Å².